The van der Waals surface area contributed by atoms with E-state index in [9.17, 15) is 0 Å². The molecule has 6 nitrogen and oxygen atoms in total. The number of nitrogens with zero attached hydrogens (tertiary/aromatic N) is 3. The Kier molecular flexibility index (Phi) is 8.74. The van der Waals surface area contributed by atoms with E-state index >= 15 is 0 Å². The van der Waals surface area contributed by atoms with Gasteiger partial charge in [0.15, 0.2) is 5.58 Å². The van der Waals surface area contributed by atoms with E-state index in [0.29, 0.717) is 0 Å². The van der Waals surface area contributed by atoms with E-state index in [2.05, 4.69) is 203 Å². The van der Waals surface area contributed by atoms with Gasteiger partial charge in [-0.1, -0.05) is 142 Å². The highest BCUT2D eigenvalue weighted by atomic mass is 16.3. The van der Waals surface area contributed by atoms with Crippen molar-refractivity contribution in [2.75, 3.05) is 4.90 Å². The lowest BCUT2D eigenvalue weighted by atomic mass is 10.0. The van der Waals surface area contributed by atoms with Crippen LogP contribution in [0.15, 0.2) is 197 Å². The summed E-state index contributed by atoms with van der Waals surface area (Å²) in [5, 5.41) is 17.2. The van der Waals surface area contributed by atoms with Gasteiger partial charge in [-0.2, -0.15) is 0 Å². The summed E-state index contributed by atoms with van der Waals surface area (Å²) in [7, 11) is 0. The van der Waals surface area contributed by atoms with Crippen molar-refractivity contribution in [3.8, 4) is 0 Å². The molecule has 70 heavy (non-hydrogen) atoms. The Morgan fingerprint density at radius 1 is 0.557 bits per heavy atom. The molecule has 14 rings (SSSR count). The Labute approximate surface area is 402 Å². The topological polar surface area (TPSA) is 50.4 Å². The molecule has 8 aromatic carbocycles. The van der Waals surface area contributed by atoms with E-state index in [-0.39, 0.29) is 0 Å². The summed E-state index contributed by atoms with van der Waals surface area (Å²) < 4.78 is 17.6. The number of nitrogens with one attached hydrogen (secondary N) is 1. The molecular formula is C64H46N4O2. The molecular weight excluding hydrogens is 857 g/mol. The number of allylic oxidation sites excluding steroid dienone is 3. The first kappa shape index (κ1) is 40.1. The van der Waals surface area contributed by atoms with Gasteiger partial charge in [0.2, 0.25) is 0 Å². The third-order valence-electron chi connectivity index (χ3n) is 14.7. The molecule has 0 spiro atoms. The molecule has 0 bridgehead atoms. The SMILES string of the molecule is C=C(/C=c1\c(=C)n2c3cc4c5cccc6c7cc(N(c8ccccc8)c8cccc9c8oc8c(CC)cccc89)ccc7n(c4cc3c3cccc1c32)c65)N/C=C/C=C\c1coc2c(CC)cccc12. The highest BCUT2D eigenvalue weighted by Gasteiger charge is 2.24. The van der Waals surface area contributed by atoms with Crippen LogP contribution in [0.3, 0.4) is 0 Å². The second-order valence-corrected chi connectivity index (χ2v) is 18.5. The van der Waals surface area contributed by atoms with Crippen molar-refractivity contribution in [2.45, 2.75) is 26.7 Å². The van der Waals surface area contributed by atoms with Crippen LogP contribution in [0.1, 0.15) is 30.5 Å². The maximum atomic E-state index is 6.84. The van der Waals surface area contributed by atoms with Crippen molar-refractivity contribution in [1.29, 1.82) is 0 Å². The Bertz CT molecular complexity index is 4630. The predicted octanol–water partition coefficient (Wildman–Crippen LogP) is 15.6. The molecule has 0 aliphatic rings. The number of hydrogen-bond acceptors (Lipinski definition) is 4. The third kappa shape index (κ3) is 5.68. The smallest absolute Gasteiger partial charge is 0.159 e. The molecule has 6 heterocycles. The molecule has 0 saturated heterocycles. The Balaban J connectivity index is 0.869. The quantitative estimate of drug-likeness (QED) is 0.139. The van der Waals surface area contributed by atoms with Gasteiger partial charge in [-0.15, -0.1) is 0 Å². The number of aromatic nitrogens is 2. The molecule has 0 fully saturated rings. The number of para-hydroxylation sites is 6. The molecule has 0 radical (unpaired) electrons. The van der Waals surface area contributed by atoms with Crippen LogP contribution in [0.2, 0.25) is 0 Å². The monoisotopic (exact) mass is 902 g/mol. The standard InChI is InChI=1S/C64H46N4O2/c1-5-40-18-12-22-45-42(37-69-62(40)45)17-10-11-32-65-38(3)33-52-39(4)66-58-35-55-49-26-15-24-47-53-34-44(30-31-56(53)68(61(47)49)59(55)36-54(58)48-25-14-23-46(52)60(48)66)67(43-20-8-7-9-21-43)57-29-16-28-51-50-27-13-19-41(6-2)63(50)70-64(51)57/h7-37,65H,3-6H2,1-2H3/b17-10-,32-11+,52-33+. The zero-order valence-corrected chi connectivity index (χ0v) is 38.9. The van der Waals surface area contributed by atoms with Gasteiger partial charge in [0, 0.05) is 93.3 Å². The largest absolute Gasteiger partial charge is 0.463 e. The number of aryl methyl sites for hydroxylation is 2. The number of anilines is 3. The predicted molar refractivity (Wildman–Crippen MR) is 295 cm³/mol. The first-order chi connectivity index (χ1) is 34.5. The molecule has 0 atom stereocenters. The van der Waals surface area contributed by atoms with E-state index in [1.807, 2.05) is 24.6 Å². The minimum Gasteiger partial charge on any atom is -0.463 e. The van der Waals surface area contributed by atoms with Gasteiger partial charge in [0.25, 0.3) is 0 Å². The van der Waals surface area contributed by atoms with Crippen molar-refractivity contribution in [3.05, 3.63) is 216 Å². The normalized spacial score (nSPS) is 12.9. The average Bonchev–Trinajstić information content (AvgIpc) is 4.25. The van der Waals surface area contributed by atoms with Crippen molar-refractivity contribution in [1.82, 2.24) is 14.1 Å². The zero-order valence-electron chi connectivity index (χ0n) is 38.9. The van der Waals surface area contributed by atoms with Crippen molar-refractivity contribution in [3.63, 3.8) is 0 Å². The number of benzene rings is 8. The van der Waals surface area contributed by atoms with Crippen molar-refractivity contribution < 1.29 is 8.83 Å². The van der Waals surface area contributed by atoms with E-state index in [0.717, 1.165) is 95.5 Å². The van der Waals surface area contributed by atoms with Crippen molar-refractivity contribution >= 4 is 134 Å². The fourth-order valence-electron chi connectivity index (χ4n) is 11.6. The van der Waals surface area contributed by atoms with Crippen LogP contribution in [0, 0.1) is 0 Å². The van der Waals surface area contributed by atoms with Crippen LogP contribution in [-0.4, -0.2) is 8.80 Å². The van der Waals surface area contributed by atoms with Crippen LogP contribution in [0.5, 0.6) is 0 Å². The molecule has 1 N–H and O–H groups in total. The summed E-state index contributed by atoms with van der Waals surface area (Å²) in [5.41, 5.74) is 16.1. The maximum Gasteiger partial charge on any atom is 0.159 e. The fraction of sp³-hybridized carbons (Fsp3) is 0.0625. The fourth-order valence-corrected chi connectivity index (χ4v) is 11.6. The van der Waals surface area contributed by atoms with Gasteiger partial charge in [-0.25, -0.2) is 0 Å². The molecule has 0 saturated carbocycles. The number of fused-ring (bicyclic) bond motifs is 13. The first-order valence-corrected chi connectivity index (χ1v) is 24.2. The van der Waals surface area contributed by atoms with Gasteiger partial charge in [0.1, 0.15) is 11.2 Å². The summed E-state index contributed by atoms with van der Waals surface area (Å²) in [6.07, 6.45) is 13.8. The average molecular weight is 903 g/mol. The third-order valence-corrected chi connectivity index (χ3v) is 14.7. The van der Waals surface area contributed by atoms with Crippen molar-refractivity contribution in [2.24, 2.45) is 0 Å². The lowest BCUT2D eigenvalue weighted by Gasteiger charge is -2.25. The maximum absolute atomic E-state index is 6.84. The van der Waals surface area contributed by atoms with Gasteiger partial charge in [0.05, 0.1) is 39.5 Å². The van der Waals surface area contributed by atoms with Crippen LogP contribution in [-0.2, 0) is 12.8 Å². The lowest BCUT2D eigenvalue weighted by Crippen LogP contribution is -2.25. The van der Waals surface area contributed by atoms with E-state index in [1.54, 1.807) is 0 Å². The van der Waals surface area contributed by atoms with Gasteiger partial charge in [-0.05, 0) is 84.7 Å². The number of furan rings is 2. The van der Waals surface area contributed by atoms with Gasteiger partial charge < -0.3 is 27.9 Å². The molecule has 0 unspecified atom stereocenters. The number of rotatable bonds is 10. The summed E-state index contributed by atoms with van der Waals surface area (Å²) in [6.45, 7) is 13.4. The van der Waals surface area contributed by atoms with Gasteiger partial charge in [-0.3, -0.25) is 0 Å². The summed E-state index contributed by atoms with van der Waals surface area (Å²) in [4.78, 5) is 2.35. The van der Waals surface area contributed by atoms with E-state index in [1.165, 1.54) is 65.5 Å². The Hall–Kier alpha value is -9.00. The highest BCUT2D eigenvalue weighted by molar-refractivity contribution is 6.27. The Morgan fingerprint density at radius 3 is 1.91 bits per heavy atom. The molecule has 0 amide bonds. The molecule has 14 aromatic rings. The first-order valence-electron chi connectivity index (χ1n) is 24.2. The summed E-state index contributed by atoms with van der Waals surface area (Å²) >= 11 is 0. The lowest BCUT2D eigenvalue weighted by molar-refractivity contribution is 0.610. The van der Waals surface area contributed by atoms with E-state index in [4.69, 9.17) is 15.4 Å². The minimum absolute atomic E-state index is 0.778. The molecule has 0 aliphatic heterocycles. The second kappa shape index (κ2) is 15.3. The van der Waals surface area contributed by atoms with Crippen LogP contribution >= 0.6 is 0 Å². The summed E-state index contributed by atoms with van der Waals surface area (Å²) in [5.74, 6) is 0. The zero-order chi connectivity index (χ0) is 46.8. The van der Waals surface area contributed by atoms with E-state index < -0.39 is 0 Å². The molecule has 334 valence electrons. The van der Waals surface area contributed by atoms with Crippen LogP contribution in [0.4, 0.5) is 17.1 Å². The molecule has 6 aromatic heterocycles. The second-order valence-electron chi connectivity index (χ2n) is 18.5. The summed E-state index contributed by atoms with van der Waals surface area (Å²) in [6, 6.07) is 55.0. The highest BCUT2D eigenvalue weighted by Crippen LogP contribution is 2.46. The minimum atomic E-state index is 0.778. The van der Waals surface area contributed by atoms with Gasteiger partial charge >= 0.3 is 0 Å². The molecule has 0 aliphatic carbocycles. The Morgan fingerprint density at radius 2 is 1.17 bits per heavy atom. The molecule has 6 heteroatoms. The van der Waals surface area contributed by atoms with Crippen LogP contribution < -0.4 is 20.8 Å². The number of hydrogen-bond donors (Lipinski definition) is 1. The van der Waals surface area contributed by atoms with Crippen LogP contribution in [0.25, 0.3) is 117 Å².